The molecule has 0 heterocycles. The van der Waals surface area contributed by atoms with E-state index in [2.05, 4.69) is 0 Å². The third-order valence-electron chi connectivity index (χ3n) is 0.728. The van der Waals surface area contributed by atoms with E-state index in [1.54, 1.807) is 0 Å². The van der Waals surface area contributed by atoms with Gasteiger partial charge in [0.05, 0.1) is 0 Å². The van der Waals surface area contributed by atoms with Gasteiger partial charge in [0.1, 0.15) is 0 Å². The van der Waals surface area contributed by atoms with Crippen LogP contribution in [0.25, 0.3) is 0 Å². The predicted octanol–water partition coefficient (Wildman–Crippen LogP) is 1.90. The van der Waals surface area contributed by atoms with Crippen molar-refractivity contribution in [1.82, 2.24) is 0 Å². The van der Waals surface area contributed by atoms with Crippen molar-refractivity contribution in [2.24, 2.45) is 0 Å². The third-order valence-corrected chi connectivity index (χ3v) is 0.728. The number of alkyl halides is 9. The van der Waals surface area contributed by atoms with Gasteiger partial charge in [-0.15, -0.1) is 0 Å². The molecular formula is C6H3F9O6Pd. The molecule has 0 rings (SSSR count). The third kappa shape index (κ3) is 20.8. The molecule has 0 atom stereocenters. The average molecular weight is 448 g/mol. The van der Waals surface area contributed by atoms with Crippen LogP contribution in [0.15, 0.2) is 0 Å². The maximum Gasteiger partial charge on any atom is 0.490 e. The second kappa shape index (κ2) is 10.2. The summed E-state index contributed by atoms with van der Waals surface area (Å²) in [6.07, 6.45) is -15.3. The molecule has 0 fully saturated rings. The van der Waals surface area contributed by atoms with Crippen LogP contribution in [-0.4, -0.2) is 51.8 Å². The Labute approximate surface area is 127 Å². The van der Waals surface area contributed by atoms with Crippen LogP contribution in [0.4, 0.5) is 39.5 Å². The van der Waals surface area contributed by atoms with E-state index in [9.17, 15) is 39.5 Å². The first-order chi connectivity index (χ1) is 8.83. The molecule has 0 aromatic rings. The fourth-order valence-corrected chi connectivity index (χ4v) is 0. The molecule has 3 N–H and O–H groups in total. The average Bonchev–Trinajstić information content (AvgIpc) is 2.14. The van der Waals surface area contributed by atoms with Crippen LogP contribution in [0.1, 0.15) is 0 Å². The fraction of sp³-hybridized carbons (Fsp3) is 0.500. The van der Waals surface area contributed by atoms with E-state index in [0.29, 0.717) is 0 Å². The standard InChI is InChI=1S/3C2HF3O2.Pd/c3*3-2(4,5)1(6)7;/h3*(H,6,7);. The fourth-order valence-electron chi connectivity index (χ4n) is 0. The molecule has 0 aliphatic rings. The van der Waals surface area contributed by atoms with Crippen molar-refractivity contribution < 1.29 is 89.6 Å². The molecule has 0 unspecified atom stereocenters. The summed E-state index contributed by atoms with van der Waals surface area (Å²) in [5.74, 6) is -8.27. The molecule has 0 saturated carbocycles. The number of carbonyl (C=O) groups is 3. The summed E-state index contributed by atoms with van der Waals surface area (Å²) in [5, 5.41) is 21.4. The summed E-state index contributed by atoms with van der Waals surface area (Å²) in [6, 6.07) is 0. The van der Waals surface area contributed by atoms with E-state index in [1.165, 1.54) is 0 Å². The van der Waals surface area contributed by atoms with E-state index in [0.717, 1.165) is 0 Å². The summed E-state index contributed by atoms with van der Waals surface area (Å²) in [7, 11) is 0. The molecule has 136 valence electrons. The van der Waals surface area contributed by atoms with Gasteiger partial charge in [-0.2, -0.15) is 39.5 Å². The molecule has 0 bridgehead atoms. The second-order valence-corrected chi connectivity index (χ2v) is 2.41. The molecule has 16 heteroatoms. The van der Waals surface area contributed by atoms with Gasteiger partial charge in [-0.05, 0) is 0 Å². The second-order valence-electron chi connectivity index (χ2n) is 2.41. The van der Waals surface area contributed by atoms with Crippen molar-refractivity contribution in [3.05, 3.63) is 0 Å². The Morgan fingerprint density at radius 3 is 0.545 bits per heavy atom. The molecule has 0 aromatic heterocycles. The summed E-state index contributed by atoms with van der Waals surface area (Å²) in [6.45, 7) is 0. The van der Waals surface area contributed by atoms with E-state index >= 15 is 0 Å². The Morgan fingerprint density at radius 1 is 0.500 bits per heavy atom. The predicted molar refractivity (Wildman–Crippen MR) is 41.1 cm³/mol. The monoisotopic (exact) mass is 448 g/mol. The quantitative estimate of drug-likeness (QED) is 0.386. The van der Waals surface area contributed by atoms with Gasteiger partial charge < -0.3 is 15.3 Å². The first-order valence-corrected chi connectivity index (χ1v) is 3.73. The number of halogens is 9. The van der Waals surface area contributed by atoms with Crippen molar-refractivity contribution >= 4 is 17.9 Å². The number of rotatable bonds is 0. The zero-order valence-electron chi connectivity index (χ0n) is 9.28. The molecule has 0 aromatic carbocycles. The van der Waals surface area contributed by atoms with E-state index in [1.807, 2.05) is 0 Å². The van der Waals surface area contributed by atoms with Gasteiger partial charge in [-0.25, -0.2) is 14.4 Å². The Balaban J connectivity index is -0.000000108. The number of carboxylic acid groups (broad SMARTS) is 3. The van der Waals surface area contributed by atoms with Gasteiger partial charge in [0.25, 0.3) is 0 Å². The van der Waals surface area contributed by atoms with Gasteiger partial charge in [0.2, 0.25) is 0 Å². The molecule has 0 spiro atoms. The van der Waals surface area contributed by atoms with Crippen molar-refractivity contribution in [2.45, 2.75) is 18.5 Å². The van der Waals surface area contributed by atoms with Crippen LogP contribution >= 0.6 is 0 Å². The normalized spacial score (nSPS) is 10.8. The number of hydrogen-bond donors (Lipinski definition) is 3. The summed E-state index contributed by atoms with van der Waals surface area (Å²) in [4.78, 5) is 26.7. The Hall–Kier alpha value is -1.56. The van der Waals surface area contributed by atoms with E-state index in [4.69, 9.17) is 29.7 Å². The zero-order valence-corrected chi connectivity index (χ0v) is 10.8. The smallest absolute Gasteiger partial charge is 0.475 e. The van der Waals surface area contributed by atoms with Crippen LogP contribution in [0, 0.1) is 0 Å². The first-order valence-electron chi connectivity index (χ1n) is 3.73. The minimum atomic E-state index is -5.08. The number of hydrogen-bond acceptors (Lipinski definition) is 3. The van der Waals surface area contributed by atoms with Crippen molar-refractivity contribution in [1.29, 1.82) is 0 Å². The van der Waals surface area contributed by atoms with Crippen LogP contribution < -0.4 is 0 Å². The zero-order chi connectivity index (χ0) is 18.2. The van der Waals surface area contributed by atoms with Crippen molar-refractivity contribution in [2.75, 3.05) is 0 Å². The van der Waals surface area contributed by atoms with Crippen LogP contribution in [0.3, 0.4) is 0 Å². The Kier molecular flexibility index (Phi) is 13.3. The summed E-state index contributed by atoms with van der Waals surface area (Å²) >= 11 is 0. The van der Waals surface area contributed by atoms with Crippen molar-refractivity contribution in [3.8, 4) is 0 Å². The minimum absolute atomic E-state index is 0. The molecule has 0 aliphatic carbocycles. The largest absolute Gasteiger partial charge is 0.490 e. The van der Waals surface area contributed by atoms with E-state index < -0.39 is 36.4 Å². The van der Waals surface area contributed by atoms with Crippen LogP contribution in [0.2, 0.25) is 0 Å². The summed E-state index contributed by atoms with van der Waals surface area (Å²) in [5.41, 5.74) is 0. The molecule has 6 nitrogen and oxygen atoms in total. The molecule has 0 aliphatic heterocycles. The molecule has 22 heavy (non-hydrogen) atoms. The SMILES string of the molecule is O=C(O)C(F)(F)F.O=C(O)C(F)(F)F.O=C(O)C(F)(F)F.[Pd]. The first kappa shape index (κ1) is 28.6. The van der Waals surface area contributed by atoms with Gasteiger partial charge in [-0.1, -0.05) is 0 Å². The maximum atomic E-state index is 10.6. The van der Waals surface area contributed by atoms with Crippen LogP contribution in [0.5, 0.6) is 0 Å². The molecular weight excluding hydrogens is 445 g/mol. The maximum absolute atomic E-state index is 10.6. The topological polar surface area (TPSA) is 112 Å². The Morgan fingerprint density at radius 2 is 0.545 bits per heavy atom. The molecule has 0 amide bonds. The van der Waals surface area contributed by atoms with E-state index in [-0.39, 0.29) is 20.4 Å². The minimum Gasteiger partial charge on any atom is -0.475 e. The number of carboxylic acids is 3. The molecule has 0 saturated heterocycles. The van der Waals surface area contributed by atoms with Gasteiger partial charge in [0.15, 0.2) is 0 Å². The Bertz CT molecular complexity index is 313. The summed E-state index contributed by atoms with van der Waals surface area (Å²) < 4.78 is 95.2. The van der Waals surface area contributed by atoms with Gasteiger partial charge >= 0.3 is 36.4 Å². The van der Waals surface area contributed by atoms with Gasteiger partial charge in [0, 0.05) is 20.4 Å². The van der Waals surface area contributed by atoms with Crippen LogP contribution in [-0.2, 0) is 34.8 Å². The van der Waals surface area contributed by atoms with Gasteiger partial charge in [-0.3, -0.25) is 0 Å². The van der Waals surface area contributed by atoms with Crippen molar-refractivity contribution in [3.63, 3.8) is 0 Å². The molecule has 0 radical (unpaired) electrons. The number of aliphatic carboxylic acids is 3.